The summed E-state index contributed by atoms with van der Waals surface area (Å²) in [5, 5.41) is 26.5. The van der Waals surface area contributed by atoms with Crippen LogP contribution >= 0.6 is 11.6 Å². The third-order valence-electron chi connectivity index (χ3n) is 5.66. The quantitative estimate of drug-likeness (QED) is 0.169. The molecule has 10 nitrogen and oxygen atoms in total. The van der Waals surface area contributed by atoms with Gasteiger partial charge in [0.25, 0.3) is 0 Å². The van der Waals surface area contributed by atoms with E-state index in [-0.39, 0.29) is 17.0 Å². The fourth-order valence-electron chi connectivity index (χ4n) is 3.92. The van der Waals surface area contributed by atoms with Crippen molar-refractivity contribution in [3.63, 3.8) is 0 Å². The van der Waals surface area contributed by atoms with Crippen molar-refractivity contribution in [3.8, 4) is 17.0 Å². The third kappa shape index (κ3) is 5.88. The number of alkyl halides is 2. The molecule has 5 rings (SSSR count). The molecule has 0 spiro atoms. The van der Waals surface area contributed by atoms with Crippen LogP contribution in [0, 0.1) is 0 Å². The predicted octanol–water partition coefficient (Wildman–Crippen LogP) is 4.14. The summed E-state index contributed by atoms with van der Waals surface area (Å²) < 4.78 is 34.2. The second-order valence-corrected chi connectivity index (χ2v) is 8.68. The smallest absolute Gasteiger partial charge is 0.387 e. The molecule has 0 amide bonds. The standard InChI is InChI=1S/C25H23ClF2N8O2/c26-17-2-3-21(38-25(27)28)18(12-17)22-20(33-24(37)19-14-32-36-10-1-6-31-23(19)36)15-35(34-22)11-9-30-13-16-4-7-29-8-5-16/h1-8,10,12,14-15,24-25,30,33,37H,9,11,13H2. The molecule has 1 unspecified atom stereocenters. The number of nitrogens with zero attached hydrogens (tertiary/aromatic N) is 6. The lowest BCUT2D eigenvalue weighted by Gasteiger charge is -2.14. The summed E-state index contributed by atoms with van der Waals surface area (Å²) >= 11 is 6.19. The SMILES string of the molecule is OC(Nc1cn(CCNCc2ccncc2)nc1-c1cc(Cl)ccc1OC(F)F)c1cnn2cccnc12. The monoisotopic (exact) mass is 540 g/mol. The number of ether oxygens (including phenoxy) is 1. The van der Waals surface area contributed by atoms with Gasteiger partial charge in [-0.25, -0.2) is 9.50 Å². The zero-order chi connectivity index (χ0) is 26.5. The average Bonchev–Trinajstić information content (AvgIpc) is 3.52. The average molecular weight is 541 g/mol. The topological polar surface area (TPSA) is 114 Å². The number of nitrogens with one attached hydrogen (secondary N) is 2. The minimum Gasteiger partial charge on any atom is -0.434 e. The van der Waals surface area contributed by atoms with E-state index in [0.717, 1.165) is 5.56 Å². The fraction of sp³-hybridized carbons (Fsp3) is 0.200. The Balaban J connectivity index is 1.43. The lowest BCUT2D eigenvalue weighted by atomic mass is 10.1. The Morgan fingerprint density at radius 2 is 1.97 bits per heavy atom. The molecule has 0 aliphatic rings. The molecule has 4 aromatic heterocycles. The van der Waals surface area contributed by atoms with Crippen LogP contribution in [0.15, 0.2) is 73.6 Å². The van der Waals surface area contributed by atoms with E-state index in [0.29, 0.717) is 41.6 Å². The van der Waals surface area contributed by atoms with E-state index in [9.17, 15) is 13.9 Å². The molecule has 38 heavy (non-hydrogen) atoms. The van der Waals surface area contributed by atoms with E-state index in [2.05, 4.69) is 30.8 Å². The minimum absolute atomic E-state index is 0.0966. The molecular formula is C25H23ClF2N8O2. The van der Waals surface area contributed by atoms with Gasteiger partial charge in [-0.15, -0.1) is 0 Å². The first-order valence-corrected chi connectivity index (χ1v) is 12.0. The maximum Gasteiger partial charge on any atom is 0.387 e. The first-order valence-electron chi connectivity index (χ1n) is 11.6. The molecule has 1 atom stereocenters. The van der Waals surface area contributed by atoms with E-state index in [1.807, 2.05) is 12.1 Å². The van der Waals surface area contributed by atoms with Gasteiger partial charge in [0.2, 0.25) is 0 Å². The maximum atomic E-state index is 13.1. The minimum atomic E-state index is -3.04. The van der Waals surface area contributed by atoms with Gasteiger partial charge in [0.15, 0.2) is 11.9 Å². The van der Waals surface area contributed by atoms with Gasteiger partial charge in [-0.1, -0.05) is 11.6 Å². The van der Waals surface area contributed by atoms with Crippen LogP contribution in [0.2, 0.25) is 5.02 Å². The summed E-state index contributed by atoms with van der Waals surface area (Å²) in [5.41, 5.74) is 2.88. The number of fused-ring (bicyclic) bond motifs is 1. The summed E-state index contributed by atoms with van der Waals surface area (Å²) in [6.45, 7) is -1.37. The van der Waals surface area contributed by atoms with Crippen molar-refractivity contribution in [2.45, 2.75) is 25.9 Å². The van der Waals surface area contributed by atoms with Gasteiger partial charge in [-0.2, -0.15) is 19.0 Å². The van der Waals surface area contributed by atoms with E-state index in [1.54, 1.807) is 41.7 Å². The van der Waals surface area contributed by atoms with Crippen molar-refractivity contribution in [1.82, 2.24) is 34.7 Å². The van der Waals surface area contributed by atoms with Crippen molar-refractivity contribution < 1.29 is 18.6 Å². The lowest BCUT2D eigenvalue weighted by Crippen LogP contribution is -2.19. The Morgan fingerprint density at radius 3 is 2.79 bits per heavy atom. The molecule has 3 N–H and O–H groups in total. The number of aliphatic hydroxyl groups is 1. The lowest BCUT2D eigenvalue weighted by molar-refractivity contribution is -0.0494. The van der Waals surface area contributed by atoms with Crippen molar-refractivity contribution in [2.24, 2.45) is 0 Å². The number of aromatic nitrogens is 6. The highest BCUT2D eigenvalue weighted by Crippen LogP contribution is 2.38. The summed E-state index contributed by atoms with van der Waals surface area (Å²) in [7, 11) is 0. The van der Waals surface area contributed by atoms with Crippen LogP contribution in [0.5, 0.6) is 5.75 Å². The summed E-state index contributed by atoms with van der Waals surface area (Å²) in [5.74, 6) is -0.0966. The number of anilines is 1. The Labute approximate surface area is 220 Å². The molecule has 5 aromatic rings. The molecule has 0 aliphatic heterocycles. The fourth-order valence-corrected chi connectivity index (χ4v) is 4.09. The second kappa shape index (κ2) is 11.5. The van der Waals surface area contributed by atoms with Crippen LogP contribution in [-0.4, -0.2) is 47.6 Å². The molecular weight excluding hydrogens is 518 g/mol. The Bertz CT molecular complexity index is 1510. The highest BCUT2D eigenvalue weighted by atomic mass is 35.5. The molecule has 0 bridgehead atoms. The van der Waals surface area contributed by atoms with Crippen LogP contribution in [0.25, 0.3) is 16.9 Å². The molecule has 0 fully saturated rings. The van der Waals surface area contributed by atoms with Gasteiger partial charge in [-0.05, 0) is 42.0 Å². The number of pyridine rings is 1. The van der Waals surface area contributed by atoms with Gasteiger partial charge in [0.1, 0.15) is 11.4 Å². The first kappa shape index (κ1) is 25.5. The number of benzene rings is 1. The Kier molecular flexibility index (Phi) is 7.73. The van der Waals surface area contributed by atoms with E-state index in [1.165, 1.54) is 28.9 Å². The van der Waals surface area contributed by atoms with Crippen LogP contribution in [0.4, 0.5) is 14.5 Å². The number of hydrogen-bond acceptors (Lipinski definition) is 8. The van der Waals surface area contributed by atoms with Gasteiger partial charge >= 0.3 is 6.61 Å². The molecule has 0 radical (unpaired) electrons. The van der Waals surface area contributed by atoms with Crippen LogP contribution in [-0.2, 0) is 13.1 Å². The summed E-state index contributed by atoms with van der Waals surface area (Å²) in [6, 6.07) is 9.85. The highest BCUT2D eigenvalue weighted by molar-refractivity contribution is 6.31. The van der Waals surface area contributed by atoms with Crippen LogP contribution < -0.4 is 15.4 Å². The van der Waals surface area contributed by atoms with Crippen LogP contribution in [0.1, 0.15) is 17.4 Å². The third-order valence-corrected chi connectivity index (χ3v) is 5.90. The van der Waals surface area contributed by atoms with Crippen molar-refractivity contribution in [2.75, 3.05) is 11.9 Å². The van der Waals surface area contributed by atoms with Gasteiger partial charge in [0.05, 0.1) is 24.0 Å². The maximum absolute atomic E-state index is 13.1. The Morgan fingerprint density at radius 1 is 1.13 bits per heavy atom. The molecule has 13 heteroatoms. The van der Waals surface area contributed by atoms with Crippen LogP contribution in [0.3, 0.4) is 0 Å². The van der Waals surface area contributed by atoms with E-state index < -0.39 is 12.8 Å². The van der Waals surface area contributed by atoms with Gasteiger partial charge in [0, 0.05) is 54.7 Å². The number of rotatable bonds is 11. The molecule has 4 heterocycles. The summed E-state index contributed by atoms with van der Waals surface area (Å²) in [6.07, 6.45) is 8.71. The zero-order valence-electron chi connectivity index (χ0n) is 19.9. The number of aliphatic hydroxyl groups excluding tert-OH is 1. The second-order valence-electron chi connectivity index (χ2n) is 8.24. The largest absolute Gasteiger partial charge is 0.434 e. The Hall–Kier alpha value is -4.13. The first-order chi connectivity index (χ1) is 18.5. The van der Waals surface area contributed by atoms with Gasteiger partial charge < -0.3 is 20.5 Å². The molecule has 196 valence electrons. The zero-order valence-corrected chi connectivity index (χ0v) is 20.6. The molecule has 0 saturated heterocycles. The van der Waals surface area contributed by atoms with E-state index >= 15 is 0 Å². The number of hydrogen-bond donors (Lipinski definition) is 3. The predicted molar refractivity (Wildman–Crippen MR) is 137 cm³/mol. The number of halogens is 3. The molecule has 0 saturated carbocycles. The van der Waals surface area contributed by atoms with E-state index in [4.69, 9.17) is 16.3 Å². The van der Waals surface area contributed by atoms with Gasteiger partial charge in [-0.3, -0.25) is 9.67 Å². The highest BCUT2D eigenvalue weighted by Gasteiger charge is 2.22. The van der Waals surface area contributed by atoms with Crippen molar-refractivity contribution in [1.29, 1.82) is 0 Å². The molecule has 0 aliphatic carbocycles. The van der Waals surface area contributed by atoms with Crippen molar-refractivity contribution >= 4 is 22.9 Å². The van der Waals surface area contributed by atoms with Crippen molar-refractivity contribution in [3.05, 3.63) is 89.7 Å². The normalized spacial score (nSPS) is 12.2. The summed E-state index contributed by atoms with van der Waals surface area (Å²) in [4.78, 5) is 8.28. The molecule has 1 aromatic carbocycles.